The highest BCUT2D eigenvalue weighted by atomic mass is 35.5. The van der Waals surface area contributed by atoms with Crippen molar-refractivity contribution in [1.29, 1.82) is 0 Å². The number of hydrogen-bond donors (Lipinski definition) is 1. The number of anilines is 1. The summed E-state index contributed by atoms with van der Waals surface area (Å²) in [6.07, 6.45) is 5.67. The first-order valence-corrected chi connectivity index (χ1v) is 10.5. The minimum Gasteiger partial charge on any atom is -0.390 e. The predicted octanol–water partition coefficient (Wildman–Crippen LogP) is 3.45. The zero-order valence-corrected chi connectivity index (χ0v) is 17.9. The van der Waals surface area contributed by atoms with Crippen molar-refractivity contribution in [2.24, 2.45) is 0 Å². The molecule has 6 nitrogen and oxygen atoms in total. The molecule has 2 fully saturated rings. The fraction of sp³-hybridized carbons (Fsp3) is 0.500. The van der Waals surface area contributed by atoms with E-state index in [1.165, 1.54) is 0 Å². The molecule has 154 valence electrons. The standard InChI is InChI=1S/C22H27ClN4O2/c1-14-5-4-8-24-21(14)17-9-19(25-11-18(17)23)27-15-6-7-16(27)13-26(12-15)20(28)10-22(2,3)29/h4-5,8-9,11,15-16,29H,6-7,10,12-13H2,1-3H3/t15-,16?/m0/s1. The molecule has 29 heavy (non-hydrogen) atoms. The number of nitrogens with zero attached hydrogens (tertiary/aromatic N) is 4. The zero-order valence-electron chi connectivity index (χ0n) is 17.1. The molecule has 0 radical (unpaired) electrons. The Labute approximate surface area is 176 Å². The van der Waals surface area contributed by atoms with E-state index in [2.05, 4.69) is 14.9 Å². The summed E-state index contributed by atoms with van der Waals surface area (Å²) >= 11 is 6.46. The van der Waals surface area contributed by atoms with Crippen molar-refractivity contribution in [2.45, 2.75) is 57.7 Å². The van der Waals surface area contributed by atoms with Crippen LogP contribution in [0.3, 0.4) is 0 Å². The number of pyridine rings is 2. The Hall–Kier alpha value is -2.18. The maximum absolute atomic E-state index is 12.6. The summed E-state index contributed by atoms with van der Waals surface area (Å²) in [5.41, 5.74) is 1.83. The van der Waals surface area contributed by atoms with Crippen LogP contribution in [0.15, 0.2) is 30.6 Å². The molecule has 4 heterocycles. The van der Waals surface area contributed by atoms with Crippen LogP contribution in [0, 0.1) is 6.92 Å². The van der Waals surface area contributed by atoms with Gasteiger partial charge >= 0.3 is 0 Å². The number of rotatable bonds is 4. The quantitative estimate of drug-likeness (QED) is 0.829. The summed E-state index contributed by atoms with van der Waals surface area (Å²) in [4.78, 5) is 26.0. The van der Waals surface area contributed by atoms with E-state index in [0.29, 0.717) is 18.1 Å². The third kappa shape index (κ3) is 4.09. The van der Waals surface area contributed by atoms with Gasteiger partial charge in [-0.3, -0.25) is 9.78 Å². The number of aliphatic hydroxyl groups is 1. The largest absolute Gasteiger partial charge is 0.390 e. The minimum atomic E-state index is -0.986. The lowest BCUT2D eigenvalue weighted by Gasteiger charge is -2.42. The summed E-state index contributed by atoms with van der Waals surface area (Å²) in [6.45, 7) is 6.69. The Bertz CT molecular complexity index is 913. The Balaban J connectivity index is 1.59. The minimum absolute atomic E-state index is 0.0166. The number of amides is 1. The number of carbonyl (C=O) groups excluding carboxylic acids is 1. The number of halogens is 1. The summed E-state index contributed by atoms with van der Waals surface area (Å²) in [5, 5.41) is 10.6. The van der Waals surface area contributed by atoms with Gasteiger partial charge in [0, 0.05) is 43.1 Å². The lowest BCUT2D eigenvalue weighted by molar-refractivity contribution is -0.136. The average Bonchev–Trinajstić information content (AvgIpc) is 2.91. The number of fused-ring (bicyclic) bond motifs is 2. The van der Waals surface area contributed by atoms with Crippen LogP contribution in [-0.2, 0) is 4.79 Å². The number of carbonyl (C=O) groups is 1. The van der Waals surface area contributed by atoms with Crippen LogP contribution in [0.1, 0.15) is 38.7 Å². The molecule has 2 atom stereocenters. The highest BCUT2D eigenvalue weighted by Crippen LogP contribution is 2.37. The molecule has 4 rings (SSSR count). The first kappa shape index (κ1) is 20.1. The molecular formula is C22H27ClN4O2. The molecule has 1 unspecified atom stereocenters. The fourth-order valence-electron chi connectivity index (χ4n) is 4.48. The molecule has 2 aliphatic heterocycles. The third-order valence-electron chi connectivity index (χ3n) is 5.79. The van der Waals surface area contributed by atoms with E-state index in [0.717, 1.165) is 35.5 Å². The Morgan fingerprint density at radius 2 is 1.97 bits per heavy atom. The lowest BCUT2D eigenvalue weighted by atomic mass is 10.0. The van der Waals surface area contributed by atoms with Crippen LogP contribution >= 0.6 is 11.6 Å². The molecule has 2 saturated heterocycles. The second-order valence-corrected chi connectivity index (χ2v) is 9.18. The zero-order chi connectivity index (χ0) is 20.8. The highest BCUT2D eigenvalue weighted by molar-refractivity contribution is 6.33. The number of piperazine rings is 1. The van der Waals surface area contributed by atoms with Crippen molar-refractivity contribution in [2.75, 3.05) is 18.0 Å². The van der Waals surface area contributed by atoms with E-state index in [1.54, 1.807) is 26.2 Å². The Kier molecular flexibility index (Phi) is 5.25. The molecule has 7 heteroatoms. The average molecular weight is 415 g/mol. The Morgan fingerprint density at radius 3 is 2.59 bits per heavy atom. The van der Waals surface area contributed by atoms with Gasteiger partial charge in [0.2, 0.25) is 5.91 Å². The van der Waals surface area contributed by atoms with Crippen molar-refractivity contribution >= 4 is 23.3 Å². The second-order valence-electron chi connectivity index (χ2n) is 8.77. The van der Waals surface area contributed by atoms with Crippen LogP contribution in [0.2, 0.25) is 5.02 Å². The maximum Gasteiger partial charge on any atom is 0.225 e. The van der Waals surface area contributed by atoms with Crippen molar-refractivity contribution in [3.8, 4) is 11.3 Å². The molecule has 2 aliphatic rings. The van der Waals surface area contributed by atoms with Crippen molar-refractivity contribution in [1.82, 2.24) is 14.9 Å². The van der Waals surface area contributed by atoms with E-state index in [-0.39, 0.29) is 24.4 Å². The first-order chi connectivity index (χ1) is 13.7. The monoisotopic (exact) mass is 414 g/mol. The van der Waals surface area contributed by atoms with Gasteiger partial charge in [-0.25, -0.2) is 4.98 Å². The summed E-state index contributed by atoms with van der Waals surface area (Å²) in [7, 11) is 0. The van der Waals surface area contributed by atoms with Gasteiger partial charge in [0.25, 0.3) is 0 Å². The molecule has 1 amide bonds. The summed E-state index contributed by atoms with van der Waals surface area (Å²) in [5.74, 6) is 0.902. The van der Waals surface area contributed by atoms with Gasteiger partial charge in [0.05, 0.1) is 22.7 Å². The molecule has 2 bridgehead atoms. The SMILES string of the molecule is Cc1cccnc1-c1cc(N2C3CC[C@H]2CN(C(=O)CC(C)(C)O)C3)ncc1Cl. The fourth-order valence-corrected chi connectivity index (χ4v) is 4.67. The number of aryl methyl sites for hydroxylation is 1. The highest BCUT2D eigenvalue weighted by Gasteiger charge is 2.42. The maximum atomic E-state index is 12.6. The van der Waals surface area contributed by atoms with Crippen LogP contribution in [-0.4, -0.2) is 56.7 Å². The molecule has 0 saturated carbocycles. The van der Waals surface area contributed by atoms with Gasteiger partial charge in [0.15, 0.2) is 0 Å². The van der Waals surface area contributed by atoms with E-state index in [9.17, 15) is 9.90 Å². The summed E-state index contributed by atoms with van der Waals surface area (Å²) < 4.78 is 0. The van der Waals surface area contributed by atoms with E-state index in [1.807, 2.05) is 30.0 Å². The van der Waals surface area contributed by atoms with Crippen LogP contribution in [0.5, 0.6) is 0 Å². The smallest absolute Gasteiger partial charge is 0.225 e. The van der Waals surface area contributed by atoms with Crippen molar-refractivity contribution in [3.63, 3.8) is 0 Å². The molecular weight excluding hydrogens is 388 g/mol. The van der Waals surface area contributed by atoms with Gasteiger partial charge in [-0.1, -0.05) is 17.7 Å². The van der Waals surface area contributed by atoms with Crippen molar-refractivity contribution in [3.05, 3.63) is 41.2 Å². The molecule has 0 spiro atoms. The van der Waals surface area contributed by atoms with Gasteiger partial charge in [-0.05, 0) is 51.3 Å². The van der Waals surface area contributed by atoms with Gasteiger partial charge in [0.1, 0.15) is 5.82 Å². The number of likely N-dealkylation sites (tertiary alicyclic amines) is 1. The van der Waals surface area contributed by atoms with Crippen LogP contribution in [0.25, 0.3) is 11.3 Å². The molecule has 1 N–H and O–H groups in total. The molecule has 0 aromatic carbocycles. The number of aromatic nitrogens is 2. The van der Waals surface area contributed by atoms with Gasteiger partial charge < -0.3 is 14.9 Å². The topological polar surface area (TPSA) is 69.6 Å². The van der Waals surface area contributed by atoms with Crippen LogP contribution < -0.4 is 4.90 Å². The van der Waals surface area contributed by atoms with Crippen molar-refractivity contribution < 1.29 is 9.90 Å². The van der Waals surface area contributed by atoms with Gasteiger partial charge in [-0.2, -0.15) is 0 Å². The van der Waals surface area contributed by atoms with E-state index < -0.39 is 5.60 Å². The third-order valence-corrected chi connectivity index (χ3v) is 6.09. The molecule has 2 aromatic rings. The van der Waals surface area contributed by atoms with E-state index in [4.69, 9.17) is 11.6 Å². The second kappa shape index (κ2) is 7.58. The molecule has 2 aromatic heterocycles. The van der Waals surface area contributed by atoms with Gasteiger partial charge in [-0.15, -0.1) is 0 Å². The Morgan fingerprint density at radius 1 is 1.28 bits per heavy atom. The van der Waals surface area contributed by atoms with E-state index >= 15 is 0 Å². The number of hydrogen-bond acceptors (Lipinski definition) is 5. The molecule has 0 aliphatic carbocycles. The lowest BCUT2D eigenvalue weighted by Crippen LogP contribution is -2.56. The first-order valence-electron chi connectivity index (χ1n) is 10.1. The van der Waals surface area contributed by atoms with Crippen LogP contribution in [0.4, 0.5) is 5.82 Å². The predicted molar refractivity (Wildman–Crippen MR) is 114 cm³/mol. The normalized spacial score (nSPS) is 21.6. The summed E-state index contributed by atoms with van der Waals surface area (Å²) in [6, 6.07) is 6.42.